The van der Waals surface area contributed by atoms with Gasteiger partial charge in [0.1, 0.15) is 0 Å². The van der Waals surface area contributed by atoms with Gasteiger partial charge in [0.15, 0.2) is 0 Å². The van der Waals surface area contributed by atoms with Crippen molar-refractivity contribution in [3.63, 3.8) is 0 Å². The van der Waals surface area contributed by atoms with E-state index in [0.29, 0.717) is 0 Å². The summed E-state index contributed by atoms with van der Waals surface area (Å²) in [7, 11) is 0. The number of benzene rings is 1. The summed E-state index contributed by atoms with van der Waals surface area (Å²) in [5.41, 5.74) is 3.05. The van der Waals surface area contributed by atoms with Gasteiger partial charge in [-0.15, -0.1) is 0 Å². The molecule has 1 aromatic rings. The highest BCUT2D eigenvalue weighted by Crippen LogP contribution is 2.30. The molecule has 0 saturated carbocycles. The summed E-state index contributed by atoms with van der Waals surface area (Å²) in [5, 5.41) is 4.36. The molecule has 2 heterocycles. The molecule has 2 aliphatic rings. The summed E-state index contributed by atoms with van der Waals surface area (Å²) in [6.45, 7) is 6.16. The van der Waals surface area contributed by atoms with E-state index in [1.165, 1.54) is 63.7 Å². The summed E-state index contributed by atoms with van der Waals surface area (Å²) in [6, 6.07) is 6.56. The highest BCUT2D eigenvalue weighted by atomic mass is 35.5. The van der Waals surface area contributed by atoms with E-state index >= 15 is 0 Å². The molecular formula is C18H27ClN2. The SMILES string of the molecule is Clc1ccc(C2CCNCC2)c(CCCN2CCCC2)c1. The first-order valence-electron chi connectivity index (χ1n) is 8.54. The Balaban J connectivity index is 1.62. The van der Waals surface area contributed by atoms with Crippen LogP contribution < -0.4 is 5.32 Å². The van der Waals surface area contributed by atoms with Crippen molar-refractivity contribution in [2.75, 3.05) is 32.7 Å². The van der Waals surface area contributed by atoms with Gasteiger partial charge < -0.3 is 10.2 Å². The Morgan fingerprint density at radius 2 is 1.90 bits per heavy atom. The molecule has 1 N–H and O–H groups in total. The number of hydrogen-bond acceptors (Lipinski definition) is 2. The van der Waals surface area contributed by atoms with Crippen LogP contribution in [0.25, 0.3) is 0 Å². The molecule has 0 unspecified atom stereocenters. The second-order valence-corrected chi connectivity index (χ2v) is 6.96. The first-order chi connectivity index (χ1) is 10.3. The zero-order valence-corrected chi connectivity index (χ0v) is 13.7. The van der Waals surface area contributed by atoms with E-state index in [1.54, 1.807) is 5.56 Å². The molecule has 0 aromatic heterocycles. The lowest BCUT2D eigenvalue weighted by atomic mass is 9.86. The number of hydrogen-bond donors (Lipinski definition) is 1. The highest BCUT2D eigenvalue weighted by molar-refractivity contribution is 6.30. The molecule has 3 heteroatoms. The topological polar surface area (TPSA) is 15.3 Å². The van der Waals surface area contributed by atoms with Gasteiger partial charge in [-0.1, -0.05) is 17.7 Å². The van der Waals surface area contributed by atoms with Gasteiger partial charge >= 0.3 is 0 Å². The molecule has 0 bridgehead atoms. The summed E-state index contributed by atoms with van der Waals surface area (Å²) in [6.07, 6.45) is 7.74. The van der Waals surface area contributed by atoms with Crippen molar-refractivity contribution in [3.05, 3.63) is 34.3 Å². The minimum atomic E-state index is 0.727. The minimum absolute atomic E-state index is 0.727. The quantitative estimate of drug-likeness (QED) is 0.889. The molecule has 2 aliphatic heterocycles. The number of rotatable bonds is 5. The summed E-state index contributed by atoms with van der Waals surface area (Å²) < 4.78 is 0. The fraction of sp³-hybridized carbons (Fsp3) is 0.667. The minimum Gasteiger partial charge on any atom is -0.317 e. The van der Waals surface area contributed by atoms with Gasteiger partial charge in [-0.2, -0.15) is 0 Å². The van der Waals surface area contributed by atoms with Gasteiger partial charge in [0.05, 0.1) is 0 Å². The fourth-order valence-corrected chi connectivity index (χ4v) is 4.02. The van der Waals surface area contributed by atoms with Crippen LogP contribution in [0.1, 0.15) is 49.1 Å². The number of halogens is 1. The first kappa shape index (κ1) is 15.3. The summed E-state index contributed by atoms with van der Waals surface area (Å²) in [4.78, 5) is 2.61. The molecule has 2 nitrogen and oxygen atoms in total. The largest absolute Gasteiger partial charge is 0.317 e. The van der Waals surface area contributed by atoms with Crippen LogP contribution in [0.5, 0.6) is 0 Å². The van der Waals surface area contributed by atoms with Gasteiger partial charge in [-0.05, 0) is 100 Å². The van der Waals surface area contributed by atoms with Crippen LogP contribution in [-0.2, 0) is 6.42 Å². The van der Waals surface area contributed by atoms with Crippen molar-refractivity contribution in [2.24, 2.45) is 0 Å². The lowest BCUT2D eigenvalue weighted by Gasteiger charge is -2.25. The van der Waals surface area contributed by atoms with E-state index in [0.717, 1.165) is 24.0 Å². The van der Waals surface area contributed by atoms with Crippen molar-refractivity contribution in [1.82, 2.24) is 10.2 Å². The van der Waals surface area contributed by atoms with Gasteiger partial charge in [0.25, 0.3) is 0 Å². The molecular weight excluding hydrogens is 280 g/mol. The van der Waals surface area contributed by atoms with E-state index in [9.17, 15) is 0 Å². The predicted molar refractivity (Wildman–Crippen MR) is 90.3 cm³/mol. The maximum Gasteiger partial charge on any atom is 0.0408 e. The Bertz CT molecular complexity index is 449. The van der Waals surface area contributed by atoms with Gasteiger partial charge in [-0.25, -0.2) is 0 Å². The number of aryl methyl sites for hydroxylation is 1. The highest BCUT2D eigenvalue weighted by Gasteiger charge is 2.18. The van der Waals surface area contributed by atoms with Crippen LogP contribution in [0, 0.1) is 0 Å². The molecule has 21 heavy (non-hydrogen) atoms. The maximum absolute atomic E-state index is 6.24. The van der Waals surface area contributed by atoms with Gasteiger partial charge in [0.2, 0.25) is 0 Å². The molecule has 0 spiro atoms. The smallest absolute Gasteiger partial charge is 0.0408 e. The van der Waals surface area contributed by atoms with Crippen LogP contribution >= 0.6 is 11.6 Å². The molecule has 0 radical (unpaired) electrons. The van der Waals surface area contributed by atoms with Gasteiger partial charge in [-0.3, -0.25) is 0 Å². The average molecular weight is 307 g/mol. The van der Waals surface area contributed by atoms with Crippen LogP contribution in [0.2, 0.25) is 5.02 Å². The summed E-state index contributed by atoms with van der Waals surface area (Å²) in [5.74, 6) is 0.727. The zero-order chi connectivity index (χ0) is 14.5. The zero-order valence-electron chi connectivity index (χ0n) is 12.9. The number of piperidine rings is 1. The molecule has 116 valence electrons. The number of nitrogens with zero attached hydrogens (tertiary/aromatic N) is 1. The summed E-state index contributed by atoms with van der Waals surface area (Å²) >= 11 is 6.24. The second kappa shape index (κ2) is 7.62. The Hall–Kier alpha value is -0.570. The lowest BCUT2D eigenvalue weighted by molar-refractivity contribution is 0.333. The van der Waals surface area contributed by atoms with Crippen LogP contribution in [0.4, 0.5) is 0 Å². The van der Waals surface area contributed by atoms with Crippen molar-refractivity contribution >= 4 is 11.6 Å². The molecule has 0 amide bonds. The van der Waals surface area contributed by atoms with Crippen molar-refractivity contribution in [1.29, 1.82) is 0 Å². The van der Waals surface area contributed by atoms with Crippen molar-refractivity contribution in [3.8, 4) is 0 Å². The third kappa shape index (κ3) is 4.21. The second-order valence-electron chi connectivity index (χ2n) is 6.52. The van der Waals surface area contributed by atoms with E-state index < -0.39 is 0 Å². The van der Waals surface area contributed by atoms with Gasteiger partial charge in [0, 0.05) is 5.02 Å². The van der Waals surface area contributed by atoms with Crippen LogP contribution in [-0.4, -0.2) is 37.6 Å². The number of likely N-dealkylation sites (tertiary alicyclic amines) is 1. The molecule has 3 rings (SSSR count). The van der Waals surface area contributed by atoms with E-state index in [-0.39, 0.29) is 0 Å². The monoisotopic (exact) mass is 306 g/mol. The average Bonchev–Trinajstić information content (AvgIpc) is 3.02. The Morgan fingerprint density at radius 1 is 1.14 bits per heavy atom. The molecule has 2 saturated heterocycles. The normalized spacial score (nSPS) is 21.0. The van der Waals surface area contributed by atoms with E-state index in [1.807, 2.05) is 0 Å². The Kier molecular flexibility index (Phi) is 5.56. The third-order valence-corrected chi connectivity index (χ3v) is 5.24. The van der Waals surface area contributed by atoms with Crippen LogP contribution in [0.3, 0.4) is 0 Å². The molecule has 0 atom stereocenters. The Labute approximate surface area is 133 Å². The molecule has 2 fully saturated rings. The third-order valence-electron chi connectivity index (χ3n) is 5.00. The molecule has 1 aromatic carbocycles. The number of nitrogens with one attached hydrogen (secondary N) is 1. The fourth-order valence-electron chi connectivity index (χ4n) is 3.82. The van der Waals surface area contributed by atoms with E-state index in [4.69, 9.17) is 11.6 Å². The van der Waals surface area contributed by atoms with Crippen molar-refractivity contribution in [2.45, 2.75) is 44.4 Å². The van der Waals surface area contributed by atoms with E-state index in [2.05, 4.69) is 28.4 Å². The van der Waals surface area contributed by atoms with Crippen LogP contribution in [0.15, 0.2) is 18.2 Å². The predicted octanol–water partition coefficient (Wildman–Crippen LogP) is 3.84. The standard InChI is InChI=1S/C18H27ClN2/c19-17-5-6-18(15-7-9-20-10-8-15)16(14-17)4-3-13-21-11-1-2-12-21/h5-6,14-15,20H,1-4,7-13H2. The Morgan fingerprint density at radius 3 is 2.67 bits per heavy atom. The molecule has 0 aliphatic carbocycles. The lowest BCUT2D eigenvalue weighted by Crippen LogP contribution is -2.27. The van der Waals surface area contributed by atoms with Crippen molar-refractivity contribution < 1.29 is 0 Å². The first-order valence-corrected chi connectivity index (χ1v) is 8.92. The maximum atomic E-state index is 6.24.